The molecule has 0 amide bonds. The van der Waals surface area contributed by atoms with Crippen LogP contribution in [0, 0.1) is 0 Å². The molecule has 0 aliphatic heterocycles. The van der Waals surface area contributed by atoms with E-state index in [-0.39, 0.29) is 4.06 Å². The summed E-state index contributed by atoms with van der Waals surface area (Å²) in [6, 6.07) is 32.7. The molecular weight excluding hydrogens is 431 g/mol. The van der Waals surface area contributed by atoms with E-state index in [9.17, 15) is 4.79 Å². The van der Waals surface area contributed by atoms with Crippen molar-refractivity contribution in [3.05, 3.63) is 110 Å². The van der Waals surface area contributed by atoms with Crippen LogP contribution >= 0.6 is 41.3 Å². The molecule has 29 heavy (non-hydrogen) atoms. The van der Waals surface area contributed by atoms with Gasteiger partial charge in [-0.2, -0.15) is 0 Å². The smallest absolute Gasteiger partial charge is 0.265 e. The molecule has 0 aliphatic rings. The quantitative estimate of drug-likeness (QED) is 0.306. The largest absolute Gasteiger partial charge is 0.288 e. The topological polar surface area (TPSA) is 17.1 Å². The van der Waals surface area contributed by atoms with Crippen LogP contribution in [0.15, 0.2) is 101 Å². The van der Waals surface area contributed by atoms with Gasteiger partial charge in [0.15, 0.2) is 0 Å². The Kier molecular flexibility index (Phi) is 5.19. The molecule has 142 valence electrons. The number of fused-ring (bicyclic) bond motifs is 1. The van der Waals surface area contributed by atoms with E-state index in [4.69, 9.17) is 0 Å². The molecule has 5 heteroatoms. The number of hydrogen-bond donors (Lipinski definition) is 0. The van der Waals surface area contributed by atoms with Gasteiger partial charge in [-0.05, 0) is 36.4 Å². The molecule has 0 N–H and O–H groups in total. The maximum Gasteiger partial charge on any atom is 0.288 e. The highest BCUT2D eigenvalue weighted by atomic mass is 32.2. The second kappa shape index (κ2) is 7.97. The van der Waals surface area contributed by atoms with E-state index >= 15 is 0 Å². The Hall–Kier alpha value is -2.10. The van der Waals surface area contributed by atoms with Crippen molar-refractivity contribution in [2.45, 2.75) is 6.16 Å². The van der Waals surface area contributed by atoms with Gasteiger partial charge in [-0.1, -0.05) is 77.3 Å². The maximum absolute atomic E-state index is 12.0. The van der Waals surface area contributed by atoms with Crippen molar-refractivity contribution in [1.82, 2.24) is 0 Å². The predicted molar refractivity (Wildman–Crippen MR) is 133 cm³/mol. The van der Waals surface area contributed by atoms with Crippen LogP contribution in [-0.4, -0.2) is 0 Å². The van der Waals surface area contributed by atoms with Crippen LogP contribution in [0.2, 0.25) is 0 Å². The summed E-state index contributed by atoms with van der Waals surface area (Å²) in [6.07, 6.45) is 0.936. The first-order valence-corrected chi connectivity index (χ1v) is 13.8. The van der Waals surface area contributed by atoms with Crippen molar-refractivity contribution >= 4 is 66.6 Å². The van der Waals surface area contributed by atoms with Crippen molar-refractivity contribution in [3.8, 4) is 0 Å². The summed E-state index contributed by atoms with van der Waals surface area (Å²) in [5, 5.41) is 6.28. The molecule has 3 aromatic carbocycles. The first-order valence-electron chi connectivity index (χ1n) is 9.32. The van der Waals surface area contributed by atoms with Crippen LogP contribution in [0.1, 0.15) is 4.88 Å². The molecule has 0 fully saturated rings. The minimum atomic E-state index is -1.92. The monoisotopic (exact) mass is 449 g/mol. The lowest BCUT2D eigenvalue weighted by Gasteiger charge is -2.27. The molecule has 5 aromatic rings. The molecule has 0 spiro atoms. The van der Waals surface area contributed by atoms with Gasteiger partial charge in [-0.25, -0.2) is 0 Å². The van der Waals surface area contributed by atoms with E-state index in [2.05, 4.69) is 96.4 Å². The van der Waals surface area contributed by atoms with E-state index < -0.39 is 7.26 Å². The van der Waals surface area contributed by atoms with Crippen LogP contribution < -0.4 is 20.0 Å². The Bertz CT molecular complexity index is 1190. The Morgan fingerprint density at radius 3 is 1.62 bits per heavy atom. The molecule has 0 unspecified atom stereocenters. The predicted octanol–water partition coefficient (Wildman–Crippen LogP) is 5.88. The minimum Gasteiger partial charge on any atom is -0.265 e. The lowest BCUT2D eigenvalue weighted by molar-refractivity contribution is 1.54. The fourth-order valence-electron chi connectivity index (χ4n) is 3.83. The summed E-state index contributed by atoms with van der Waals surface area (Å²) >= 11 is 4.57. The van der Waals surface area contributed by atoms with Crippen LogP contribution in [0.3, 0.4) is 0 Å². The van der Waals surface area contributed by atoms with Gasteiger partial charge < -0.3 is 0 Å². The maximum atomic E-state index is 12.0. The van der Waals surface area contributed by atoms with Crippen molar-refractivity contribution < 1.29 is 0 Å². The molecule has 2 heterocycles. The van der Waals surface area contributed by atoms with Crippen LogP contribution in [-0.2, 0) is 6.16 Å². The zero-order valence-electron chi connectivity index (χ0n) is 15.5. The molecule has 2 aromatic heterocycles. The Labute approximate surface area is 182 Å². The molecule has 0 radical (unpaired) electrons. The standard InChI is InChI=1S/C24H18OPS3/c25-24-28-22-17-27-21(23(22)29-24)16-26(18-10-4-1-5-11-18,19-12-6-2-7-13-19)20-14-8-3-9-15-20/h1-15,17H,16H2/q+1. The second-order valence-electron chi connectivity index (χ2n) is 6.78. The first-order chi connectivity index (χ1) is 14.3. The highest BCUT2D eigenvalue weighted by Crippen LogP contribution is 2.59. The lowest BCUT2D eigenvalue weighted by Crippen LogP contribution is -2.32. The molecule has 0 saturated carbocycles. The van der Waals surface area contributed by atoms with Crippen LogP contribution in [0.4, 0.5) is 0 Å². The molecule has 0 saturated heterocycles. The van der Waals surface area contributed by atoms with Gasteiger partial charge in [0, 0.05) is 5.38 Å². The van der Waals surface area contributed by atoms with E-state index in [1.54, 1.807) is 11.3 Å². The summed E-state index contributed by atoms with van der Waals surface area (Å²) in [5.74, 6) is 0. The Balaban J connectivity index is 1.81. The Morgan fingerprint density at radius 2 is 1.14 bits per heavy atom. The van der Waals surface area contributed by atoms with E-state index in [1.807, 2.05) is 0 Å². The highest BCUT2D eigenvalue weighted by Gasteiger charge is 2.46. The van der Waals surface area contributed by atoms with E-state index in [1.165, 1.54) is 48.2 Å². The fourth-order valence-corrected chi connectivity index (χ4v) is 12.1. The number of rotatable bonds is 5. The number of benzene rings is 3. The summed E-state index contributed by atoms with van der Waals surface area (Å²) < 4.78 is 2.50. The molecule has 5 rings (SSSR count). The molecule has 0 bridgehead atoms. The first kappa shape index (κ1) is 18.9. The number of hydrogen-bond acceptors (Lipinski definition) is 4. The fraction of sp³-hybridized carbons (Fsp3) is 0.0417. The summed E-state index contributed by atoms with van der Waals surface area (Å²) in [6.45, 7) is 0. The van der Waals surface area contributed by atoms with Gasteiger partial charge in [-0.15, -0.1) is 11.3 Å². The summed E-state index contributed by atoms with van der Waals surface area (Å²) in [7, 11) is -1.92. The SMILES string of the molecule is O=c1sc2csc(C[P+](c3ccccc3)(c3ccccc3)c3ccccc3)c2s1. The zero-order valence-corrected chi connectivity index (χ0v) is 18.9. The normalized spacial score (nSPS) is 11.7. The van der Waals surface area contributed by atoms with Crippen molar-refractivity contribution in [3.63, 3.8) is 0 Å². The molecule has 1 nitrogen and oxygen atoms in total. The zero-order chi connectivity index (χ0) is 19.7. The summed E-state index contributed by atoms with van der Waals surface area (Å²) in [4.78, 5) is 13.4. The van der Waals surface area contributed by atoms with Crippen molar-refractivity contribution in [2.75, 3.05) is 0 Å². The average molecular weight is 450 g/mol. The summed E-state index contributed by atoms with van der Waals surface area (Å²) in [5.41, 5.74) is 0. The minimum absolute atomic E-state index is 0.187. The Morgan fingerprint density at radius 1 is 0.655 bits per heavy atom. The van der Waals surface area contributed by atoms with Crippen molar-refractivity contribution in [1.29, 1.82) is 0 Å². The second-order valence-corrected chi connectivity index (χ2v) is 13.5. The van der Waals surface area contributed by atoms with E-state index in [0.29, 0.717) is 0 Å². The van der Waals surface area contributed by atoms with Gasteiger partial charge in [0.05, 0.1) is 14.3 Å². The lowest BCUT2D eigenvalue weighted by atomic mass is 10.4. The van der Waals surface area contributed by atoms with Gasteiger partial charge in [0.25, 0.3) is 4.06 Å². The third-order valence-corrected chi connectivity index (χ3v) is 13.1. The number of thiophene rings is 1. The molecule has 0 aliphatic carbocycles. The van der Waals surface area contributed by atoms with E-state index in [0.717, 1.165) is 10.9 Å². The molecular formula is C24H18OPS3+. The van der Waals surface area contributed by atoms with Gasteiger partial charge in [0.2, 0.25) is 0 Å². The van der Waals surface area contributed by atoms with Gasteiger partial charge >= 0.3 is 0 Å². The van der Waals surface area contributed by atoms with Crippen molar-refractivity contribution in [2.24, 2.45) is 0 Å². The molecule has 0 atom stereocenters. The third-order valence-electron chi connectivity index (χ3n) is 5.14. The highest BCUT2D eigenvalue weighted by molar-refractivity contribution is 7.95. The van der Waals surface area contributed by atoms with Crippen LogP contribution in [0.25, 0.3) is 9.40 Å². The third kappa shape index (κ3) is 3.41. The van der Waals surface area contributed by atoms with Crippen LogP contribution in [0.5, 0.6) is 0 Å². The van der Waals surface area contributed by atoms with Gasteiger partial charge in [0.1, 0.15) is 29.3 Å². The average Bonchev–Trinajstić information content (AvgIpc) is 3.33. The van der Waals surface area contributed by atoms with Gasteiger partial charge in [-0.3, -0.25) is 4.79 Å².